The van der Waals surface area contributed by atoms with Crippen LogP contribution >= 0.6 is 34.8 Å². The molecule has 0 saturated heterocycles. The highest BCUT2D eigenvalue weighted by Crippen LogP contribution is 2.14. The minimum absolute atomic E-state index is 0.186. The molecule has 0 spiro atoms. The van der Waals surface area contributed by atoms with Crippen LogP contribution in [-0.4, -0.2) is 31.6 Å². The molecule has 0 saturated carbocycles. The number of nitrogens with zero attached hydrogens (tertiary/aromatic N) is 4. The van der Waals surface area contributed by atoms with E-state index < -0.39 is 0 Å². The number of rotatable bonds is 6. The summed E-state index contributed by atoms with van der Waals surface area (Å²) in [4.78, 5) is 15.4. The molecule has 4 rings (SSSR count). The summed E-state index contributed by atoms with van der Waals surface area (Å²) in [5.41, 5.74) is 9.56. The zero-order valence-electron chi connectivity index (χ0n) is 21.9. The second-order valence-electron chi connectivity index (χ2n) is 7.89. The summed E-state index contributed by atoms with van der Waals surface area (Å²) >= 11 is 16.7. The van der Waals surface area contributed by atoms with E-state index in [9.17, 15) is 0 Å². The van der Waals surface area contributed by atoms with E-state index in [4.69, 9.17) is 45.6 Å². The Bertz CT molecular complexity index is 1170. The highest BCUT2D eigenvalue weighted by atomic mass is 35.5. The minimum Gasteiger partial charge on any atom is -0.396 e. The summed E-state index contributed by atoms with van der Waals surface area (Å²) in [7, 11) is 0. The molecule has 4 N–H and O–H groups in total. The number of aryl methyl sites for hydroxylation is 2. The number of aliphatic hydroxyl groups excluding tert-OH is 1. The molecule has 0 fully saturated rings. The summed E-state index contributed by atoms with van der Waals surface area (Å²) in [6, 6.07) is 20.1. The molecule has 7 nitrogen and oxygen atoms in total. The lowest BCUT2D eigenvalue weighted by atomic mass is 10.2. The highest BCUT2D eigenvalue weighted by Gasteiger charge is 2.01. The van der Waals surface area contributed by atoms with Gasteiger partial charge in [0.25, 0.3) is 0 Å². The molecule has 2 heterocycles. The summed E-state index contributed by atoms with van der Waals surface area (Å²) < 4.78 is 0. The van der Waals surface area contributed by atoms with E-state index in [0.717, 1.165) is 36.3 Å². The summed E-state index contributed by atoms with van der Waals surface area (Å²) in [5, 5.41) is 12.2. The number of aliphatic hydroxyl groups is 1. The van der Waals surface area contributed by atoms with Crippen molar-refractivity contribution in [1.82, 2.24) is 19.9 Å². The zero-order chi connectivity index (χ0) is 28.2. The summed E-state index contributed by atoms with van der Waals surface area (Å²) in [5.74, 6) is 0.781. The van der Waals surface area contributed by atoms with Gasteiger partial charge in [-0.15, -0.1) is 0 Å². The molecule has 38 heavy (non-hydrogen) atoms. The average Bonchev–Trinajstić information content (AvgIpc) is 2.94. The van der Waals surface area contributed by atoms with E-state index in [0.29, 0.717) is 18.3 Å². The molecule has 2 aromatic carbocycles. The van der Waals surface area contributed by atoms with E-state index in [-0.39, 0.29) is 10.6 Å². The maximum absolute atomic E-state index is 8.07. The SMILES string of the molecule is CCCCO.Cc1cnc(Cl)nc1Cl.Cc1cnc(Cl)nc1NCc1ccccc1.NCc1ccccc1. The van der Waals surface area contributed by atoms with Crippen LogP contribution in [0.5, 0.6) is 0 Å². The quantitative estimate of drug-likeness (QED) is 0.166. The summed E-state index contributed by atoms with van der Waals surface area (Å²) in [6.07, 6.45) is 5.33. The first kappa shape index (κ1) is 33.2. The van der Waals surface area contributed by atoms with Crippen LogP contribution in [0.3, 0.4) is 0 Å². The zero-order valence-corrected chi connectivity index (χ0v) is 24.2. The lowest BCUT2D eigenvalue weighted by Gasteiger charge is -2.08. The number of halogens is 3. The Balaban J connectivity index is 0.000000279. The van der Waals surface area contributed by atoms with E-state index in [2.05, 4.69) is 44.3 Å². The molecule has 0 aliphatic rings. The van der Waals surface area contributed by atoms with E-state index in [1.807, 2.05) is 62.4 Å². The van der Waals surface area contributed by atoms with Gasteiger partial charge in [-0.1, -0.05) is 85.6 Å². The van der Waals surface area contributed by atoms with E-state index in [1.54, 1.807) is 12.4 Å². The van der Waals surface area contributed by atoms with Crippen molar-refractivity contribution >= 4 is 40.6 Å². The van der Waals surface area contributed by atoms with Crippen LogP contribution in [0.4, 0.5) is 5.82 Å². The van der Waals surface area contributed by atoms with Crippen molar-refractivity contribution in [3.05, 3.63) is 111 Å². The Kier molecular flexibility index (Phi) is 17.6. The second kappa shape index (κ2) is 20.2. The molecule has 0 unspecified atom stereocenters. The van der Waals surface area contributed by atoms with Crippen LogP contribution in [0.15, 0.2) is 73.1 Å². The molecule has 4 aromatic rings. The Morgan fingerprint density at radius 3 is 1.74 bits per heavy atom. The predicted octanol–water partition coefficient (Wildman–Crippen LogP) is 7.07. The maximum atomic E-state index is 8.07. The number of benzene rings is 2. The lowest BCUT2D eigenvalue weighted by molar-refractivity contribution is 0.287. The molecular formula is C28H35Cl3N6O. The van der Waals surface area contributed by atoms with Crippen molar-refractivity contribution in [3.8, 4) is 0 Å². The molecule has 0 amide bonds. The van der Waals surface area contributed by atoms with Crippen molar-refractivity contribution in [2.75, 3.05) is 11.9 Å². The first-order chi connectivity index (χ1) is 18.3. The fourth-order valence-corrected chi connectivity index (χ4v) is 2.99. The monoisotopic (exact) mass is 576 g/mol. The van der Waals surface area contributed by atoms with Crippen LogP contribution in [-0.2, 0) is 13.1 Å². The fourth-order valence-electron chi connectivity index (χ4n) is 2.55. The largest absolute Gasteiger partial charge is 0.396 e. The van der Waals surface area contributed by atoms with Gasteiger partial charge >= 0.3 is 0 Å². The normalized spacial score (nSPS) is 9.58. The number of unbranched alkanes of at least 4 members (excludes halogenated alkanes) is 1. The van der Waals surface area contributed by atoms with Gasteiger partial charge in [0.1, 0.15) is 11.0 Å². The Hall–Kier alpha value is -2.81. The first-order valence-electron chi connectivity index (χ1n) is 12.1. The van der Waals surface area contributed by atoms with Gasteiger partial charge in [0, 0.05) is 43.2 Å². The first-order valence-corrected chi connectivity index (χ1v) is 13.2. The molecule has 0 bridgehead atoms. The molecule has 2 aromatic heterocycles. The van der Waals surface area contributed by atoms with Gasteiger partial charge in [0.15, 0.2) is 0 Å². The van der Waals surface area contributed by atoms with Gasteiger partial charge < -0.3 is 16.2 Å². The van der Waals surface area contributed by atoms with Crippen molar-refractivity contribution in [1.29, 1.82) is 0 Å². The minimum atomic E-state index is 0.186. The number of hydrogen-bond acceptors (Lipinski definition) is 7. The lowest BCUT2D eigenvalue weighted by Crippen LogP contribution is -2.03. The van der Waals surface area contributed by atoms with Crippen LogP contribution < -0.4 is 11.1 Å². The standard InChI is InChI=1S/C12H12ClN3.C7H9N.C5H4Cl2N2.C4H10O/c1-9-7-15-12(13)16-11(9)14-8-10-5-3-2-4-6-10;8-6-7-4-2-1-3-5-7;1-3-2-8-5(7)9-4(3)6;1-2-3-4-5/h2-7H,8H2,1H3,(H,14,15,16);1-5H,6,8H2;2H,1H3;5H,2-4H2,1H3. The molecule has 0 atom stereocenters. The van der Waals surface area contributed by atoms with Gasteiger partial charge in [-0.25, -0.2) is 19.9 Å². The molecule has 10 heteroatoms. The fraction of sp³-hybridized carbons (Fsp3) is 0.286. The van der Waals surface area contributed by atoms with E-state index in [1.165, 1.54) is 11.1 Å². The van der Waals surface area contributed by atoms with Gasteiger partial charge in [0.2, 0.25) is 10.6 Å². The number of aromatic nitrogens is 4. The number of nitrogens with two attached hydrogens (primary N) is 1. The molecule has 0 aliphatic heterocycles. The van der Waals surface area contributed by atoms with E-state index >= 15 is 0 Å². The van der Waals surface area contributed by atoms with Crippen molar-refractivity contribution < 1.29 is 5.11 Å². The topological polar surface area (TPSA) is 110 Å². The predicted molar refractivity (Wildman–Crippen MR) is 159 cm³/mol. The molecule has 204 valence electrons. The van der Waals surface area contributed by atoms with Gasteiger partial charge in [0.05, 0.1) is 0 Å². The van der Waals surface area contributed by atoms with Gasteiger partial charge in [-0.05, 0) is 54.6 Å². The second-order valence-corrected chi connectivity index (χ2v) is 8.92. The maximum Gasteiger partial charge on any atom is 0.224 e. The van der Waals surface area contributed by atoms with Crippen molar-refractivity contribution in [2.45, 2.75) is 46.7 Å². The number of nitrogens with one attached hydrogen (secondary N) is 1. The van der Waals surface area contributed by atoms with Crippen molar-refractivity contribution in [2.24, 2.45) is 5.73 Å². The summed E-state index contributed by atoms with van der Waals surface area (Å²) in [6.45, 7) is 7.53. The average molecular weight is 578 g/mol. The molecule has 0 aliphatic carbocycles. The van der Waals surface area contributed by atoms with Crippen LogP contribution in [0, 0.1) is 13.8 Å². The number of hydrogen-bond donors (Lipinski definition) is 3. The Morgan fingerprint density at radius 1 is 0.789 bits per heavy atom. The third-order valence-electron chi connectivity index (χ3n) is 4.72. The van der Waals surface area contributed by atoms with Crippen LogP contribution in [0.2, 0.25) is 15.7 Å². The highest BCUT2D eigenvalue weighted by molar-refractivity contribution is 6.32. The Morgan fingerprint density at radius 2 is 1.32 bits per heavy atom. The van der Waals surface area contributed by atoms with Gasteiger partial charge in [-0.2, -0.15) is 0 Å². The van der Waals surface area contributed by atoms with Gasteiger partial charge in [-0.3, -0.25) is 0 Å². The number of anilines is 1. The van der Waals surface area contributed by atoms with Crippen LogP contribution in [0.1, 0.15) is 42.0 Å². The smallest absolute Gasteiger partial charge is 0.224 e. The van der Waals surface area contributed by atoms with Crippen LogP contribution in [0.25, 0.3) is 0 Å². The molecule has 0 radical (unpaired) electrons. The third kappa shape index (κ3) is 14.8. The van der Waals surface area contributed by atoms with Crippen molar-refractivity contribution in [3.63, 3.8) is 0 Å². The molecular weight excluding hydrogens is 543 g/mol. The third-order valence-corrected chi connectivity index (χ3v) is 5.46. The Labute approximate surface area is 240 Å².